The average Bonchev–Trinajstić information content (AvgIpc) is 2.74. The minimum Gasteiger partial charge on any atom is -0.326 e. The van der Waals surface area contributed by atoms with Crippen molar-refractivity contribution in [3.8, 4) is 0 Å². The second kappa shape index (κ2) is 11.7. The molecule has 0 bridgehead atoms. The van der Waals surface area contributed by atoms with Crippen LogP contribution >= 0.6 is 0 Å². The molecule has 1 aromatic rings. The van der Waals surface area contributed by atoms with Gasteiger partial charge < -0.3 is 10.6 Å². The first-order valence-electron chi connectivity index (χ1n) is 11.4. The predicted molar refractivity (Wildman–Crippen MR) is 119 cm³/mol. The monoisotopic (exact) mass is 414 g/mol. The van der Waals surface area contributed by atoms with Crippen molar-refractivity contribution < 1.29 is 14.4 Å². The van der Waals surface area contributed by atoms with Crippen LogP contribution in [0, 0.1) is 0 Å². The maximum Gasteiger partial charge on any atom is 0.328 e. The number of benzene rings is 1. The highest BCUT2D eigenvalue weighted by atomic mass is 16.2. The highest BCUT2D eigenvalue weighted by Crippen LogP contribution is 2.22. The van der Waals surface area contributed by atoms with Gasteiger partial charge in [0.15, 0.2) is 0 Å². The number of carbonyl (C=O) groups excluding carboxylic acids is 3. The number of nitrogens with zero attached hydrogens (tertiary/aromatic N) is 1. The standard InChI is InChI=1S/C23H34N4O3/c28-21(13-6-1-2-7-15-24-18-9-4-3-5-10-18)25-19-11-8-12-20(17-19)27-16-14-22(29)26-23(27)30/h8,11-12,17-18,24H,1-7,9-10,13-16H2,(H,25,28)(H,26,29,30). The molecule has 7 nitrogen and oxygen atoms in total. The molecule has 3 N–H and O–H groups in total. The minimum atomic E-state index is -0.423. The Morgan fingerprint density at radius 3 is 2.67 bits per heavy atom. The Labute approximate surface area is 179 Å². The van der Waals surface area contributed by atoms with E-state index in [4.69, 9.17) is 0 Å². The van der Waals surface area contributed by atoms with Gasteiger partial charge in [0.1, 0.15) is 0 Å². The van der Waals surface area contributed by atoms with E-state index in [1.807, 2.05) is 6.07 Å². The maximum absolute atomic E-state index is 12.2. The van der Waals surface area contributed by atoms with Gasteiger partial charge in [-0.05, 0) is 50.4 Å². The van der Waals surface area contributed by atoms with Crippen molar-refractivity contribution in [2.24, 2.45) is 0 Å². The highest BCUT2D eigenvalue weighted by Gasteiger charge is 2.24. The van der Waals surface area contributed by atoms with Gasteiger partial charge in [0.05, 0.1) is 0 Å². The lowest BCUT2D eigenvalue weighted by Crippen LogP contribution is -2.49. The fourth-order valence-corrected chi connectivity index (χ4v) is 4.16. The number of rotatable bonds is 10. The average molecular weight is 415 g/mol. The molecule has 1 aliphatic carbocycles. The van der Waals surface area contributed by atoms with E-state index in [1.54, 1.807) is 18.2 Å². The zero-order valence-corrected chi connectivity index (χ0v) is 17.8. The van der Waals surface area contributed by atoms with Gasteiger partial charge >= 0.3 is 6.03 Å². The number of unbranched alkanes of at least 4 members (excludes halogenated alkanes) is 3. The van der Waals surface area contributed by atoms with E-state index in [9.17, 15) is 14.4 Å². The SMILES string of the molecule is O=C1CCN(c2cccc(NC(=O)CCCCCCNC3CCCCC3)c2)C(=O)N1. The highest BCUT2D eigenvalue weighted by molar-refractivity contribution is 6.05. The van der Waals surface area contributed by atoms with Gasteiger partial charge in [0, 0.05) is 36.8 Å². The van der Waals surface area contributed by atoms with Crippen molar-refractivity contribution in [3.63, 3.8) is 0 Å². The topological polar surface area (TPSA) is 90.5 Å². The largest absolute Gasteiger partial charge is 0.328 e. The summed E-state index contributed by atoms with van der Waals surface area (Å²) in [5, 5.41) is 8.89. The van der Waals surface area contributed by atoms with Crippen LogP contribution < -0.4 is 20.9 Å². The Kier molecular flexibility index (Phi) is 8.68. The summed E-state index contributed by atoms with van der Waals surface area (Å²) in [5.41, 5.74) is 1.34. The summed E-state index contributed by atoms with van der Waals surface area (Å²) in [6, 6.07) is 7.47. The number of hydrogen-bond donors (Lipinski definition) is 3. The number of anilines is 2. The number of hydrogen-bond acceptors (Lipinski definition) is 4. The van der Waals surface area contributed by atoms with Crippen LogP contribution in [0.2, 0.25) is 0 Å². The van der Waals surface area contributed by atoms with Gasteiger partial charge in [-0.25, -0.2) is 4.79 Å². The van der Waals surface area contributed by atoms with E-state index in [0.29, 0.717) is 24.3 Å². The van der Waals surface area contributed by atoms with Crippen LogP contribution in [-0.4, -0.2) is 37.0 Å². The third-order valence-electron chi connectivity index (χ3n) is 5.86. The molecule has 164 valence electrons. The predicted octanol–water partition coefficient (Wildman–Crippen LogP) is 3.94. The zero-order chi connectivity index (χ0) is 21.2. The fourth-order valence-electron chi connectivity index (χ4n) is 4.16. The van der Waals surface area contributed by atoms with Crippen molar-refractivity contribution in [2.45, 2.75) is 76.7 Å². The molecule has 1 aromatic carbocycles. The fraction of sp³-hybridized carbons (Fsp3) is 0.609. The van der Waals surface area contributed by atoms with Crippen molar-refractivity contribution in [2.75, 3.05) is 23.3 Å². The van der Waals surface area contributed by atoms with Crippen molar-refractivity contribution in [3.05, 3.63) is 24.3 Å². The van der Waals surface area contributed by atoms with E-state index in [2.05, 4.69) is 16.0 Å². The van der Waals surface area contributed by atoms with E-state index in [1.165, 1.54) is 43.4 Å². The van der Waals surface area contributed by atoms with Gasteiger partial charge in [-0.2, -0.15) is 0 Å². The summed E-state index contributed by atoms with van der Waals surface area (Å²) in [5.74, 6) is -0.267. The van der Waals surface area contributed by atoms with Crippen LogP contribution in [-0.2, 0) is 9.59 Å². The summed E-state index contributed by atoms with van der Waals surface area (Å²) in [7, 11) is 0. The zero-order valence-electron chi connectivity index (χ0n) is 17.8. The molecule has 0 aromatic heterocycles. The van der Waals surface area contributed by atoms with Crippen molar-refractivity contribution in [1.29, 1.82) is 0 Å². The van der Waals surface area contributed by atoms with Crippen LogP contribution in [0.25, 0.3) is 0 Å². The number of urea groups is 1. The Morgan fingerprint density at radius 2 is 1.87 bits per heavy atom. The lowest BCUT2D eigenvalue weighted by Gasteiger charge is -2.26. The minimum absolute atomic E-state index is 0.00856. The molecule has 1 saturated heterocycles. The van der Waals surface area contributed by atoms with Gasteiger partial charge in [-0.1, -0.05) is 38.2 Å². The molecule has 0 spiro atoms. The van der Waals surface area contributed by atoms with Crippen LogP contribution in [0.5, 0.6) is 0 Å². The first-order valence-corrected chi connectivity index (χ1v) is 11.4. The van der Waals surface area contributed by atoms with Crippen LogP contribution in [0.4, 0.5) is 16.2 Å². The van der Waals surface area contributed by atoms with E-state index >= 15 is 0 Å². The molecule has 4 amide bonds. The Bertz CT molecular complexity index is 731. The van der Waals surface area contributed by atoms with Crippen LogP contribution in [0.15, 0.2) is 24.3 Å². The van der Waals surface area contributed by atoms with E-state index in [-0.39, 0.29) is 18.2 Å². The smallest absolute Gasteiger partial charge is 0.326 e. The van der Waals surface area contributed by atoms with Crippen LogP contribution in [0.3, 0.4) is 0 Å². The lowest BCUT2D eigenvalue weighted by atomic mass is 9.95. The molecule has 0 radical (unpaired) electrons. The molecular weight excluding hydrogens is 380 g/mol. The number of imide groups is 1. The quantitative estimate of drug-likeness (QED) is 0.506. The van der Waals surface area contributed by atoms with Gasteiger partial charge in [-0.15, -0.1) is 0 Å². The Hall–Kier alpha value is -2.41. The summed E-state index contributed by atoms with van der Waals surface area (Å²) >= 11 is 0. The molecule has 1 heterocycles. The van der Waals surface area contributed by atoms with E-state index < -0.39 is 6.03 Å². The number of amides is 4. The molecule has 2 fully saturated rings. The van der Waals surface area contributed by atoms with Gasteiger partial charge in [-0.3, -0.25) is 19.8 Å². The molecule has 2 aliphatic rings. The first-order chi connectivity index (χ1) is 14.6. The molecule has 3 rings (SSSR count). The molecule has 1 saturated carbocycles. The number of nitrogens with one attached hydrogen (secondary N) is 3. The summed E-state index contributed by atoms with van der Waals surface area (Å²) in [6.45, 7) is 1.43. The lowest BCUT2D eigenvalue weighted by molar-refractivity contribution is -0.120. The van der Waals surface area contributed by atoms with E-state index in [0.717, 1.165) is 31.8 Å². The third-order valence-corrected chi connectivity index (χ3v) is 5.86. The second-order valence-corrected chi connectivity index (χ2v) is 8.31. The molecule has 30 heavy (non-hydrogen) atoms. The summed E-state index contributed by atoms with van der Waals surface area (Å²) in [4.78, 5) is 37.0. The molecule has 1 aliphatic heterocycles. The summed E-state index contributed by atoms with van der Waals surface area (Å²) < 4.78 is 0. The summed E-state index contributed by atoms with van der Waals surface area (Å²) in [6.07, 6.45) is 11.8. The number of carbonyl (C=O) groups is 3. The maximum atomic E-state index is 12.2. The second-order valence-electron chi connectivity index (χ2n) is 8.31. The third kappa shape index (κ3) is 7.13. The Balaban J connectivity index is 1.31. The van der Waals surface area contributed by atoms with Crippen molar-refractivity contribution >= 4 is 29.2 Å². The normalized spacial score (nSPS) is 17.7. The first kappa shape index (κ1) is 22.3. The van der Waals surface area contributed by atoms with Gasteiger partial charge in [0.25, 0.3) is 0 Å². The molecule has 7 heteroatoms. The Morgan fingerprint density at radius 1 is 1.07 bits per heavy atom. The van der Waals surface area contributed by atoms with Gasteiger partial charge in [0.2, 0.25) is 11.8 Å². The van der Waals surface area contributed by atoms with Crippen molar-refractivity contribution in [1.82, 2.24) is 10.6 Å². The molecular formula is C23H34N4O3. The molecule has 0 atom stereocenters. The molecule has 0 unspecified atom stereocenters. The van der Waals surface area contributed by atoms with Crippen LogP contribution in [0.1, 0.15) is 70.6 Å².